The minimum atomic E-state index is 0.731. The molecule has 1 heteroatoms. The fourth-order valence-corrected chi connectivity index (χ4v) is 1.49. The SMILES string of the molecule is C=CCCC(=C)C1CCNC1. The first-order valence-electron chi connectivity index (χ1n) is 4.34. The van der Waals surface area contributed by atoms with Crippen LogP contribution in [0.1, 0.15) is 19.3 Å². The summed E-state index contributed by atoms with van der Waals surface area (Å²) in [5.74, 6) is 0.731. The molecule has 0 aliphatic carbocycles. The van der Waals surface area contributed by atoms with Gasteiger partial charge in [-0.15, -0.1) is 6.58 Å². The number of hydrogen-bond acceptors (Lipinski definition) is 1. The zero-order valence-corrected chi connectivity index (χ0v) is 7.10. The maximum absolute atomic E-state index is 4.09. The molecule has 1 atom stereocenters. The van der Waals surface area contributed by atoms with Gasteiger partial charge in [0.05, 0.1) is 0 Å². The Balaban J connectivity index is 2.22. The topological polar surface area (TPSA) is 12.0 Å². The molecule has 1 nitrogen and oxygen atoms in total. The van der Waals surface area contributed by atoms with E-state index < -0.39 is 0 Å². The van der Waals surface area contributed by atoms with Gasteiger partial charge in [-0.05, 0) is 31.7 Å². The molecule has 1 N–H and O–H groups in total. The largest absolute Gasteiger partial charge is 0.316 e. The van der Waals surface area contributed by atoms with Gasteiger partial charge in [-0.1, -0.05) is 18.2 Å². The highest BCUT2D eigenvalue weighted by molar-refractivity contribution is 5.04. The van der Waals surface area contributed by atoms with E-state index >= 15 is 0 Å². The summed E-state index contributed by atoms with van der Waals surface area (Å²) in [4.78, 5) is 0. The molecule has 0 bridgehead atoms. The lowest BCUT2D eigenvalue weighted by molar-refractivity contribution is 0.650. The van der Waals surface area contributed by atoms with Crippen LogP contribution in [0.2, 0.25) is 0 Å². The molecule has 1 rings (SSSR count). The smallest absolute Gasteiger partial charge is 0.00172 e. The molecule has 0 aromatic carbocycles. The van der Waals surface area contributed by atoms with E-state index in [0.717, 1.165) is 31.8 Å². The van der Waals surface area contributed by atoms with Crippen molar-refractivity contribution in [1.29, 1.82) is 0 Å². The molecule has 1 heterocycles. The molecule has 0 aromatic rings. The first kappa shape index (κ1) is 8.54. The molecule has 0 radical (unpaired) electrons. The highest BCUT2D eigenvalue weighted by Crippen LogP contribution is 2.20. The van der Waals surface area contributed by atoms with Gasteiger partial charge in [0.1, 0.15) is 0 Å². The quantitative estimate of drug-likeness (QED) is 0.607. The lowest BCUT2D eigenvalue weighted by atomic mass is 9.96. The Morgan fingerprint density at radius 3 is 3.00 bits per heavy atom. The van der Waals surface area contributed by atoms with Crippen molar-refractivity contribution in [3.8, 4) is 0 Å². The summed E-state index contributed by atoms with van der Waals surface area (Å²) in [5.41, 5.74) is 1.40. The fraction of sp³-hybridized carbons (Fsp3) is 0.600. The standard InChI is InChI=1S/C10H17N/c1-3-4-5-9(2)10-6-7-11-8-10/h3,10-11H,1-2,4-8H2. The van der Waals surface area contributed by atoms with E-state index in [1.54, 1.807) is 0 Å². The Morgan fingerprint density at radius 2 is 2.45 bits per heavy atom. The van der Waals surface area contributed by atoms with Crippen LogP contribution in [-0.2, 0) is 0 Å². The second-order valence-electron chi connectivity index (χ2n) is 3.18. The molecule has 1 aliphatic heterocycles. The zero-order chi connectivity index (χ0) is 8.10. The molecule has 1 fully saturated rings. The maximum atomic E-state index is 4.09. The third-order valence-electron chi connectivity index (χ3n) is 2.31. The number of rotatable bonds is 4. The predicted molar refractivity (Wildman–Crippen MR) is 49.5 cm³/mol. The van der Waals surface area contributed by atoms with Gasteiger partial charge in [0.15, 0.2) is 0 Å². The molecular formula is C10H17N. The lowest BCUT2D eigenvalue weighted by Crippen LogP contribution is -2.10. The van der Waals surface area contributed by atoms with Crippen LogP contribution in [0.15, 0.2) is 24.8 Å². The molecule has 0 spiro atoms. The van der Waals surface area contributed by atoms with Crippen molar-refractivity contribution in [2.75, 3.05) is 13.1 Å². The van der Waals surface area contributed by atoms with Crippen molar-refractivity contribution >= 4 is 0 Å². The first-order chi connectivity index (χ1) is 5.34. The van der Waals surface area contributed by atoms with Gasteiger partial charge in [-0.3, -0.25) is 0 Å². The van der Waals surface area contributed by atoms with Crippen molar-refractivity contribution in [3.05, 3.63) is 24.8 Å². The van der Waals surface area contributed by atoms with Crippen LogP contribution in [-0.4, -0.2) is 13.1 Å². The van der Waals surface area contributed by atoms with Crippen molar-refractivity contribution in [1.82, 2.24) is 5.32 Å². The Morgan fingerprint density at radius 1 is 1.64 bits per heavy atom. The maximum Gasteiger partial charge on any atom is 0.00172 e. The number of allylic oxidation sites excluding steroid dienone is 1. The summed E-state index contributed by atoms with van der Waals surface area (Å²) in [6.07, 6.45) is 5.44. The molecule has 1 unspecified atom stereocenters. The second kappa shape index (κ2) is 4.35. The first-order valence-corrected chi connectivity index (χ1v) is 4.34. The molecule has 11 heavy (non-hydrogen) atoms. The van der Waals surface area contributed by atoms with Crippen LogP contribution in [0.5, 0.6) is 0 Å². The van der Waals surface area contributed by atoms with E-state index in [2.05, 4.69) is 18.5 Å². The van der Waals surface area contributed by atoms with Crippen LogP contribution >= 0.6 is 0 Å². The van der Waals surface area contributed by atoms with E-state index in [-0.39, 0.29) is 0 Å². The van der Waals surface area contributed by atoms with E-state index in [1.165, 1.54) is 12.0 Å². The van der Waals surface area contributed by atoms with Crippen LogP contribution < -0.4 is 5.32 Å². The molecule has 0 amide bonds. The highest BCUT2D eigenvalue weighted by Gasteiger charge is 2.16. The van der Waals surface area contributed by atoms with Crippen LogP contribution in [0.3, 0.4) is 0 Å². The Hall–Kier alpha value is -0.560. The van der Waals surface area contributed by atoms with Crippen molar-refractivity contribution < 1.29 is 0 Å². The molecular weight excluding hydrogens is 134 g/mol. The van der Waals surface area contributed by atoms with Gasteiger partial charge >= 0.3 is 0 Å². The monoisotopic (exact) mass is 151 g/mol. The summed E-state index contributed by atoms with van der Waals surface area (Å²) in [6.45, 7) is 10.1. The van der Waals surface area contributed by atoms with Gasteiger partial charge in [-0.25, -0.2) is 0 Å². The van der Waals surface area contributed by atoms with Crippen molar-refractivity contribution in [2.45, 2.75) is 19.3 Å². The van der Waals surface area contributed by atoms with Gasteiger partial charge < -0.3 is 5.32 Å². The third kappa shape index (κ3) is 2.51. The summed E-state index contributed by atoms with van der Waals surface area (Å²) in [5, 5.41) is 3.34. The second-order valence-corrected chi connectivity index (χ2v) is 3.18. The lowest BCUT2D eigenvalue weighted by Gasteiger charge is -2.10. The number of hydrogen-bond donors (Lipinski definition) is 1. The van der Waals surface area contributed by atoms with E-state index in [1.807, 2.05) is 6.08 Å². The Bertz CT molecular complexity index is 143. The average molecular weight is 151 g/mol. The Labute approximate surface area is 69.2 Å². The summed E-state index contributed by atoms with van der Waals surface area (Å²) in [7, 11) is 0. The van der Waals surface area contributed by atoms with Gasteiger partial charge in [0.25, 0.3) is 0 Å². The molecule has 0 saturated carbocycles. The highest BCUT2D eigenvalue weighted by atomic mass is 14.9. The van der Waals surface area contributed by atoms with Crippen molar-refractivity contribution in [2.24, 2.45) is 5.92 Å². The molecule has 1 aliphatic rings. The average Bonchev–Trinajstić information content (AvgIpc) is 2.52. The molecule has 0 aromatic heterocycles. The third-order valence-corrected chi connectivity index (χ3v) is 2.31. The van der Waals surface area contributed by atoms with Crippen LogP contribution in [0.25, 0.3) is 0 Å². The van der Waals surface area contributed by atoms with E-state index in [9.17, 15) is 0 Å². The van der Waals surface area contributed by atoms with E-state index in [4.69, 9.17) is 0 Å². The van der Waals surface area contributed by atoms with Crippen molar-refractivity contribution in [3.63, 3.8) is 0 Å². The normalized spacial score (nSPS) is 23.5. The minimum Gasteiger partial charge on any atom is -0.316 e. The van der Waals surface area contributed by atoms with Gasteiger partial charge in [0, 0.05) is 6.54 Å². The fourth-order valence-electron chi connectivity index (χ4n) is 1.49. The van der Waals surface area contributed by atoms with Gasteiger partial charge in [-0.2, -0.15) is 0 Å². The molecule has 62 valence electrons. The Kier molecular flexibility index (Phi) is 3.37. The zero-order valence-electron chi connectivity index (χ0n) is 7.10. The van der Waals surface area contributed by atoms with Crippen LogP contribution in [0.4, 0.5) is 0 Å². The number of nitrogens with one attached hydrogen (secondary N) is 1. The minimum absolute atomic E-state index is 0.731. The molecule has 1 saturated heterocycles. The summed E-state index contributed by atoms with van der Waals surface area (Å²) < 4.78 is 0. The summed E-state index contributed by atoms with van der Waals surface area (Å²) >= 11 is 0. The predicted octanol–water partition coefficient (Wildman–Crippen LogP) is 2.12. The van der Waals surface area contributed by atoms with Crippen LogP contribution in [0, 0.1) is 5.92 Å². The van der Waals surface area contributed by atoms with E-state index in [0.29, 0.717) is 0 Å². The van der Waals surface area contributed by atoms with Gasteiger partial charge in [0.2, 0.25) is 0 Å². The summed E-state index contributed by atoms with van der Waals surface area (Å²) in [6, 6.07) is 0.